The number of hydrogen-bond donors (Lipinski definition) is 3. The molecule has 2 aromatic rings. The first-order valence-corrected chi connectivity index (χ1v) is 10.9. The van der Waals surface area contributed by atoms with E-state index >= 15 is 0 Å². The molecule has 4 rings (SSSR count). The molecule has 7 heteroatoms. The first-order valence-electron chi connectivity index (χ1n) is 10.9. The van der Waals surface area contributed by atoms with E-state index in [4.69, 9.17) is 9.47 Å². The van der Waals surface area contributed by atoms with Crippen molar-refractivity contribution in [3.05, 3.63) is 53.6 Å². The molecule has 4 N–H and O–H groups in total. The maximum atomic E-state index is 13.0. The molecule has 0 bridgehead atoms. The second-order valence-corrected chi connectivity index (χ2v) is 8.56. The van der Waals surface area contributed by atoms with E-state index in [-0.39, 0.29) is 23.8 Å². The lowest BCUT2D eigenvalue weighted by atomic mass is 9.95. The third-order valence-electron chi connectivity index (χ3n) is 5.67. The number of nitrogens with one attached hydrogen (secondary N) is 2. The van der Waals surface area contributed by atoms with E-state index in [9.17, 15) is 9.59 Å². The number of rotatable bonds is 6. The Hall–Kier alpha value is -3.06. The Balaban J connectivity index is 1.42. The van der Waals surface area contributed by atoms with Gasteiger partial charge in [0.2, 0.25) is 5.91 Å². The summed E-state index contributed by atoms with van der Waals surface area (Å²) >= 11 is 0. The number of fused-ring (bicyclic) bond motifs is 2. The maximum Gasteiger partial charge on any atom is 0.279 e. The minimum absolute atomic E-state index is 0.0996. The number of anilines is 1. The van der Waals surface area contributed by atoms with Gasteiger partial charge in [0, 0.05) is 23.7 Å². The summed E-state index contributed by atoms with van der Waals surface area (Å²) in [6.07, 6.45) is 1.23. The van der Waals surface area contributed by atoms with Gasteiger partial charge in [0.15, 0.2) is 17.5 Å². The average Bonchev–Trinajstić information content (AvgIpc) is 2.77. The van der Waals surface area contributed by atoms with E-state index in [1.54, 1.807) is 18.2 Å². The van der Waals surface area contributed by atoms with E-state index in [2.05, 4.69) is 22.8 Å². The molecular weight excluding hydrogens is 394 g/mol. The Kier molecular flexibility index (Phi) is 6.42. The van der Waals surface area contributed by atoms with E-state index < -0.39 is 6.04 Å². The lowest BCUT2D eigenvalue weighted by Crippen LogP contribution is -2.93. The Bertz CT molecular complexity index is 960. The number of benzene rings is 2. The van der Waals surface area contributed by atoms with E-state index in [0.29, 0.717) is 43.2 Å². The second-order valence-electron chi connectivity index (χ2n) is 8.56. The van der Waals surface area contributed by atoms with Crippen molar-refractivity contribution in [2.45, 2.75) is 45.3 Å². The molecule has 0 saturated carbocycles. The zero-order valence-electron chi connectivity index (χ0n) is 18.0. The highest BCUT2D eigenvalue weighted by Crippen LogP contribution is 2.32. The van der Waals surface area contributed by atoms with Crippen molar-refractivity contribution >= 4 is 17.5 Å². The van der Waals surface area contributed by atoms with Gasteiger partial charge in [-0.3, -0.25) is 9.59 Å². The second kappa shape index (κ2) is 9.39. The van der Waals surface area contributed by atoms with E-state index in [1.807, 2.05) is 31.3 Å². The van der Waals surface area contributed by atoms with Gasteiger partial charge in [0.05, 0.1) is 0 Å². The molecular formula is C24H30N3O4+. The summed E-state index contributed by atoms with van der Waals surface area (Å²) < 4.78 is 11.1. The van der Waals surface area contributed by atoms with Gasteiger partial charge in [-0.15, -0.1) is 0 Å². The monoisotopic (exact) mass is 424 g/mol. The number of amides is 2. The predicted octanol–water partition coefficient (Wildman–Crippen LogP) is 1.62. The fourth-order valence-corrected chi connectivity index (χ4v) is 4.08. The summed E-state index contributed by atoms with van der Waals surface area (Å²) in [5, 5.41) is 7.96. The number of nitrogens with two attached hydrogens (primary N) is 1. The number of ether oxygens (including phenoxy) is 2. The molecule has 2 aliphatic rings. The number of carbonyl (C=O) groups excluding carboxylic acids is 2. The van der Waals surface area contributed by atoms with Crippen molar-refractivity contribution in [3.63, 3.8) is 0 Å². The van der Waals surface area contributed by atoms with Crippen LogP contribution in [0.2, 0.25) is 0 Å². The Morgan fingerprint density at radius 3 is 2.58 bits per heavy atom. The van der Waals surface area contributed by atoms with E-state index in [0.717, 1.165) is 6.54 Å². The van der Waals surface area contributed by atoms with Crippen LogP contribution < -0.4 is 25.4 Å². The summed E-state index contributed by atoms with van der Waals surface area (Å²) in [6.45, 7) is 5.85. The van der Waals surface area contributed by atoms with Gasteiger partial charge in [0.1, 0.15) is 25.8 Å². The smallest absolute Gasteiger partial charge is 0.279 e. The van der Waals surface area contributed by atoms with Crippen LogP contribution in [0, 0.1) is 5.92 Å². The van der Waals surface area contributed by atoms with Crippen LogP contribution in [0.5, 0.6) is 11.5 Å². The number of quaternary nitrogens is 1. The molecule has 0 unspecified atom stereocenters. The van der Waals surface area contributed by atoms with Crippen LogP contribution in [0.15, 0.2) is 42.5 Å². The highest BCUT2D eigenvalue weighted by molar-refractivity contribution is 5.98. The van der Waals surface area contributed by atoms with Crippen LogP contribution >= 0.6 is 0 Å². The van der Waals surface area contributed by atoms with Crippen LogP contribution in [0.1, 0.15) is 31.4 Å². The molecule has 31 heavy (non-hydrogen) atoms. The summed E-state index contributed by atoms with van der Waals surface area (Å²) in [5.41, 5.74) is 3.09. The SMILES string of the molecule is CC(C)C[C@H](NC(=O)[C@@H]1Cc2ccccc2C[NH2+]1)C(=O)Nc1ccc2c(c1)OCCO2. The molecule has 2 aromatic carbocycles. The molecule has 7 nitrogen and oxygen atoms in total. The Morgan fingerprint density at radius 2 is 1.81 bits per heavy atom. The molecule has 164 valence electrons. The summed E-state index contributed by atoms with van der Waals surface area (Å²) in [4.78, 5) is 26.0. The highest BCUT2D eigenvalue weighted by atomic mass is 16.6. The molecule has 0 saturated heterocycles. The lowest BCUT2D eigenvalue weighted by molar-refractivity contribution is -0.695. The largest absolute Gasteiger partial charge is 0.486 e. The van der Waals surface area contributed by atoms with Crippen LogP contribution in [-0.4, -0.2) is 37.1 Å². The van der Waals surface area contributed by atoms with Crippen LogP contribution in [-0.2, 0) is 22.6 Å². The average molecular weight is 425 g/mol. The van der Waals surface area contributed by atoms with Crippen LogP contribution in [0.25, 0.3) is 0 Å². The number of carbonyl (C=O) groups is 2. The summed E-state index contributed by atoms with van der Waals surface area (Å²) in [7, 11) is 0. The van der Waals surface area contributed by atoms with Gasteiger partial charge in [0.25, 0.3) is 5.91 Å². The lowest BCUT2D eigenvalue weighted by Gasteiger charge is -2.26. The Labute approximate surface area is 182 Å². The first kappa shape index (κ1) is 21.2. The minimum Gasteiger partial charge on any atom is -0.486 e. The van der Waals surface area contributed by atoms with Crippen molar-refractivity contribution in [1.29, 1.82) is 0 Å². The van der Waals surface area contributed by atoms with Gasteiger partial charge >= 0.3 is 0 Å². The van der Waals surface area contributed by atoms with Crippen molar-refractivity contribution in [1.82, 2.24) is 5.32 Å². The fourth-order valence-electron chi connectivity index (χ4n) is 4.08. The zero-order valence-corrected chi connectivity index (χ0v) is 18.0. The molecule has 0 fully saturated rings. The zero-order chi connectivity index (χ0) is 21.8. The van der Waals surface area contributed by atoms with Crippen molar-refractivity contribution in [3.8, 4) is 11.5 Å². The van der Waals surface area contributed by atoms with Gasteiger partial charge < -0.3 is 25.4 Å². The molecule has 2 heterocycles. The van der Waals surface area contributed by atoms with Crippen LogP contribution in [0.4, 0.5) is 5.69 Å². The van der Waals surface area contributed by atoms with Gasteiger partial charge in [-0.2, -0.15) is 0 Å². The summed E-state index contributed by atoms with van der Waals surface area (Å²) in [5.74, 6) is 1.22. The van der Waals surface area contributed by atoms with Gasteiger partial charge in [-0.25, -0.2) is 0 Å². The van der Waals surface area contributed by atoms with E-state index in [1.165, 1.54) is 11.1 Å². The third-order valence-corrected chi connectivity index (χ3v) is 5.67. The predicted molar refractivity (Wildman–Crippen MR) is 117 cm³/mol. The highest BCUT2D eigenvalue weighted by Gasteiger charge is 2.31. The quantitative estimate of drug-likeness (QED) is 0.657. The molecule has 2 aliphatic heterocycles. The van der Waals surface area contributed by atoms with Gasteiger partial charge in [-0.1, -0.05) is 38.1 Å². The normalized spacial score (nSPS) is 18.1. The first-order chi connectivity index (χ1) is 15.0. The van der Waals surface area contributed by atoms with Crippen LogP contribution in [0.3, 0.4) is 0 Å². The summed E-state index contributed by atoms with van der Waals surface area (Å²) in [6, 6.07) is 12.7. The third kappa shape index (κ3) is 5.17. The van der Waals surface area contributed by atoms with Crippen molar-refractivity contribution < 1.29 is 24.4 Å². The van der Waals surface area contributed by atoms with Crippen molar-refractivity contribution in [2.75, 3.05) is 18.5 Å². The van der Waals surface area contributed by atoms with Gasteiger partial charge in [-0.05, 0) is 30.0 Å². The molecule has 0 aliphatic carbocycles. The topological polar surface area (TPSA) is 93.3 Å². The number of hydrogen-bond acceptors (Lipinski definition) is 4. The molecule has 2 amide bonds. The molecule has 0 radical (unpaired) electrons. The van der Waals surface area contributed by atoms with Crippen molar-refractivity contribution in [2.24, 2.45) is 5.92 Å². The standard InChI is InChI=1S/C24H29N3O4/c1-15(2)11-20(24(29)26-18-7-8-21-22(13-18)31-10-9-30-21)27-23(28)19-12-16-5-3-4-6-17(16)14-25-19/h3-8,13,15,19-20,25H,9-12,14H2,1-2H3,(H,26,29)(H,27,28)/p+1/t19-,20-/m0/s1. The maximum absolute atomic E-state index is 13.0. The fraction of sp³-hybridized carbons (Fsp3) is 0.417. The minimum atomic E-state index is -0.605. The molecule has 0 spiro atoms. The molecule has 2 atom stereocenters. The molecule has 0 aromatic heterocycles. The Morgan fingerprint density at radius 1 is 1.06 bits per heavy atom.